The van der Waals surface area contributed by atoms with Crippen molar-refractivity contribution < 1.29 is 17.9 Å². The third kappa shape index (κ3) is 7.31. The zero-order chi connectivity index (χ0) is 27.1. The largest absolute Gasteiger partial charge is 0.487 e. The van der Waals surface area contributed by atoms with Gasteiger partial charge < -0.3 is 9.64 Å². The van der Waals surface area contributed by atoms with Crippen LogP contribution in [0.2, 0.25) is 5.02 Å². The number of amides is 1. The van der Waals surface area contributed by atoms with Crippen molar-refractivity contribution in [3.63, 3.8) is 0 Å². The molecule has 11 heteroatoms. The molecule has 4 rings (SSSR count). The molecule has 196 valence electrons. The van der Waals surface area contributed by atoms with Crippen LogP contribution in [0.3, 0.4) is 0 Å². The third-order valence-corrected chi connectivity index (χ3v) is 7.62. The van der Waals surface area contributed by atoms with Gasteiger partial charge in [-0.05, 0) is 54.4 Å². The van der Waals surface area contributed by atoms with Crippen LogP contribution in [-0.4, -0.2) is 37.9 Å². The van der Waals surface area contributed by atoms with Crippen molar-refractivity contribution in [1.82, 2.24) is 14.7 Å². The van der Waals surface area contributed by atoms with E-state index in [1.807, 2.05) is 42.3 Å². The molecule has 0 saturated heterocycles. The van der Waals surface area contributed by atoms with Crippen molar-refractivity contribution in [1.29, 1.82) is 0 Å². The summed E-state index contributed by atoms with van der Waals surface area (Å²) >= 11 is 9.20. The molecule has 8 nitrogen and oxygen atoms in total. The molecule has 0 unspecified atom stereocenters. The Labute approximate surface area is 234 Å². The zero-order valence-electron chi connectivity index (χ0n) is 20.3. The molecule has 0 bridgehead atoms. The first-order chi connectivity index (χ1) is 18.2. The standard InChI is InChI=1S/C27H24BrClN4O4S/c1-33(15-14-19-6-3-2-4-7-19)27-30-17-24(25(31-27)18-37-22-12-10-21(29)11-13-22)26(34)32-38(35,36)23-9-5-8-20(28)16-23/h2-13,16-17H,14-15,18H2,1H3,(H,32,34). The second-order valence-electron chi connectivity index (χ2n) is 8.32. The minimum absolute atomic E-state index is 0.0160. The van der Waals surface area contributed by atoms with Gasteiger partial charge in [-0.2, -0.15) is 0 Å². The highest BCUT2D eigenvalue weighted by atomic mass is 79.9. The Hall–Kier alpha value is -3.47. The second kappa shape index (κ2) is 12.4. The van der Waals surface area contributed by atoms with Crippen molar-refractivity contribution >= 4 is 49.4 Å². The van der Waals surface area contributed by atoms with Gasteiger partial charge in [-0.1, -0.05) is 63.9 Å². The Bertz CT molecular complexity index is 1520. The van der Waals surface area contributed by atoms with Gasteiger partial charge in [-0.3, -0.25) is 4.79 Å². The van der Waals surface area contributed by atoms with Crippen LogP contribution in [0.15, 0.2) is 94.4 Å². The number of sulfonamides is 1. The number of nitrogens with one attached hydrogen (secondary N) is 1. The number of anilines is 1. The number of benzene rings is 3. The number of nitrogens with zero attached hydrogens (tertiary/aromatic N) is 3. The van der Waals surface area contributed by atoms with Crippen LogP contribution in [0, 0.1) is 0 Å². The van der Waals surface area contributed by atoms with Crippen LogP contribution >= 0.6 is 27.5 Å². The zero-order valence-corrected chi connectivity index (χ0v) is 23.5. The first kappa shape index (κ1) is 27.6. The molecule has 38 heavy (non-hydrogen) atoms. The molecule has 0 aliphatic heterocycles. The number of halogens is 2. The number of hydrogen-bond acceptors (Lipinski definition) is 7. The number of carbonyl (C=O) groups excluding carboxylic acids is 1. The van der Waals surface area contributed by atoms with E-state index in [9.17, 15) is 13.2 Å². The normalized spacial score (nSPS) is 11.1. The fraction of sp³-hybridized carbons (Fsp3) is 0.148. The summed E-state index contributed by atoms with van der Waals surface area (Å²) in [6.45, 7) is 0.535. The van der Waals surface area contributed by atoms with E-state index >= 15 is 0 Å². The van der Waals surface area contributed by atoms with Gasteiger partial charge in [0.2, 0.25) is 5.95 Å². The van der Waals surface area contributed by atoms with Crippen LogP contribution < -0.4 is 14.4 Å². The maximum Gasteiger partial charge on any atom is 0.268 e. The monoisotopic (exact) mass is 614 g/mol. The summed E-state index contributed by atoms with van der Waals surface area (Å²) in [5.74, 6) is 0.0281. The van der Waals surface area contributed by atoms with Crippen molar-refractivity contribution in [2.45, 2.75) is 17.9 Å². The Morgan fingerprint density at radius 2 is 1.79 bits per heavy atom. The average Bonchev–Trinajstić information content (AvgIpc) is 2.91. The van der Waals surface area contributed by atoms with Crippen molar-refractivity contribution in [2.75, 3.05) is 18.5 Å². The summed E-state index contributed by atoms with van der Waals surface area (Å²) in [4.78, 5) is 23.8. The van der Waals surface area contributed by atoms with E-state index in [1.54, 1.807) is 36.4 Å². The van der Waals surface area contributed by atoms with Gasteiger partial charge >= 0.3 is 0 Å². The van der Waals surface area contributed by atoms with E-state index in [1.165, 1.54) is 23.9 Å². The molecule has 0 aliphatic rings. The SMILES string of the molecule is CN(CCc1ccccc1)c1ncc(C(=O)NS(=O)(=O)c2cccc(Br)c2)c(COc2ccc(Cl)cc2)n1. The van der Waals surface area contributed by atoms with Gasteiger partial charge in [0.15, 0.2) is 0 Å². The number of carbonyl (C=O) groups is 1. The molecule has 4 aromatic rings. The molecule has 0 radical (unpaired) electrons. The first-order valence-corrected chi connectivity index (χ1v) is 14.2. The number of rotatable bonds is 10. The lowest BCUT2D eigenvalue weighted by Gasteiger charge is -2.19. The number of likely N-dealkylation sites (N-methyl/N-ethyl adjacent to an activating group) is 1. The molecule has 1 amide bonds. The van der Waals surface area contributed by atoms with Crippen LogP contribution in [0.1, 0.15) is 21.6 Å². The molecule has 1 N–H and O–H groups in total. The van der Waals surface area contributed by atoms with E-state index in [-0.39, 0.29) is 22.8 Å². The summed E-state index contributed by atoms with van der Waals surface area (Å²) in [7, 11) is -2.29. The Morgan fingerprint density at radius 1 is 1.05 bits per heavy atom. The van der Waals surface area contributed by atoms with Crippen molar-refractivity contribution in [3.8, 4) is 5.75 Å². The number of hydrogen-bond donors (Lipinski definition) is 1. The maximum absolute atomic E-state index is 13.1. The summed E-state index contributed by atoms with van der Waals surface area (Å²) in [6, 6.07) is 22.8. The highest BCUT2D eigenvalue weighted by Crippen LogP contribution is 2.20. The first-order valence-electron chi connectivity index (χ1n) is 11.5. The van der Waals surface area contributed by atoms with Crippen LogP contribution in [0.4, 0.5) is 5.95 Å². The van der Waals surface area contributed by atoms with Gasteiger partial charge in [0, 0.05) is 29.3 Å². The van der Waals surface area contributed by atoms with Crippen molar-refractivity contribution in [2.24, 2.45) is 0 Å². The smallest absolute Gasteiger partial charge is 0.268 e. The van der Waals surface area contributed by atoms with Crippen LogP contribution in [-0.2, 0) is 23.1 Å². The molecule has 0 aliphatic carbocycles. The summed E-state index contributed by atoms with van der Waals surface area (Å²) in [5, 5.41) is 0.555. The molecule has 1 heterocycles. The Kier molecular flexibility index (Phi) is 8.98. The number of aromatic nitrogens is 2. The molecule has 0 spiro atoms. The predicted octanol–water partition coefficient (Wildman–Crippen LogP) is 5.27. The van der Waals surface area contributed by atoms with Gasteiger partial charge in [-0.25, -0.2) is 23.1 Å². The van der Waals surface area contributed by atoms with Gasteiger partial charge in [0.05, 0.1) is 16.2 Å². The van der Waals surface area contributed by atoms with E-state index in [0.717, 1.165) is 6.42 Å². The highest BCUT2D eigenvalue weighted by Gasteiger charge is 2.23. The van der Waals surface area contributed by atoms with E-state index in [2.05, 4.69) is 30.6 Å². The lowest BCUT2D eigenvalue weighted by molar-refractivity contribution is 0.0978. The number of ether oxygens (including phenoxy) is 1. The van der Waals surface area contributed by atoms with Crippen molar-refractivity contribution in [3.05, 3.63) is 111 Å². The van der Waals surface area contributed by atoms with E-state index < -0.39 is 15.9 Å². The molecule has 1 aromatic heterocycles. The summed E-state index contributed by atoms with van der Waals surface area (Å²) < 4.78 is 34.2. The molecule has 0 fully saturated rings. The second-order valence-corrected chi connectivity index (χ2v) is 11.4. The minimum Gasteiger partial charge on any atom is -0.487 e. The van der Waals surface area contributed by atoms with E-state index in [4.69, 9.17) is 16.3 Å². The highest BCUT2D eigenvalue weighted by molar-refractivity contribution is 9.10. The summed E-state index contributed by atoms with van der Waals surface area (Å²) in [6.07, 6.45) is 2.08. The third-order valence-electron chi connectivity index (χ3n) is 5.54. The lowest BCUT2D eigenvalue weighted by atomic mass is 10.1. The fourth-order valence-corrected chi connectivity index (χ4v) is 5.17. The molecular weight excluding hydrogens is 592 g/mol. The maximum atomic E-state index is 13.1. The Morgan fingerprint density at radius 3 is 2.50 bits per heavy atom. The predicted molar refractivity (Wildman–Crippen MR) is 150 cm³/mol. The molecule has 3 aromatic carbocycles. The van der Waals surface area contributed by atoms with Gasteiger partial charge in [-0.15, -0.1) is 0 Å². The van der Waals surface area contributed by atoms with Gasteiger partial charge in [0.25, 0.3) is 15.9 Å². The quantitative estimate of drug-likeness (QED) is 0.259. The van der Waals surface area contributed by atoms with Crippen LogP contribution in [0.5, 0.6) is 5.75 Å². The molecule has 0 saturated carbocycles. The Balaban J connectivity index is 1.58. The van der Waals surface area contributed by atoms with Crippen LogP contribution in [0.25, 0.3) is 0 Å². The fourth-order valence-electron chi connectivity index (χ4n) is 3.48. The van der Waals surface area contributed by atoms with Gasteiger partial charge in [0.1, 0.15) is 12.4 Å². The molecular formula is C27H24BrClN4O4S. The topological polar surface area (TPSA) is 101 Å². The molecule has 0 atom stereocenters. The van der Waals surface area contributed by atoms with E-state index in [0.29, 0.717) is 27.7 Å². The minimum atomic E-state index is -4.14. The lowest BCUT2D eigenvalue weighted by Crippen LogP contribution is -2.32. The average molecular weight is 616 g/mol. The summed E-state index contributed by atoms with van der Waals surface area (Å²) in [5.41, 5.74) is 1.38.